The molecule has 2 rings (SSSR count). The van der Waals surface area contributed by atoms with Crippen molar-refractivity contribution in [3.8, 4) is 0 Å². The van der Waals surface area contributed by atoms with Crippen LogP contribution in [0.3, 0.4) is 0 Å². The van der Waals surface area contributed by atoms with Gasteiger partial charge in [-0.15, -0.1) is 0 Å². The fourth-order valence-corrected chi connectivity index (χ4v) is 2.45. The second-order valence-electron chi connectivity index (χ2n) is 5.58. The van der Waals surface area contributed by atoms with Gasteiger partial charge in [0.2, 0.25) is 0 Å². The summed E-state index contributed by atoms with van der Waals surface area (Å²) in [5.41, 5.74) is 6.63. The van der Waals surface area contributed by atoms with E-state index in [0.717, 1.165) is 38.4 Å². The monoisotopic (exact) mass is 265 g/mol. The zero-order chi connectivity index (χ0) is 13.8. The molecule has 0 spiro atoms. The SMILES string of the molecule is CC(N)C(C)CN1CCN(c2ccccc2F)CC1. The molecule has 3 nitrogen and oxygen atoms in total. The topological polar surface area (TPSA) is 32.5 Å². The molecule has 0 radical (unpaired) electrons. The Balaban J connectivity index is 1.88. The third kappa shape index (κ3) is 3.67. The summed E-state index contributed by atoms with van der Waals surface area (Å²) < 4.78 is 13.7. The van der Waals surface area contributed by atoms with Crippen molar-refractivity contribution in [1.82, 2.24) is 4.90 Å². The number of benzene rings is 1. The van der Waals surface area contributed by atoms with Crippen molar-refractivity contribution in [2.24, 2.45) is 11.7 Å². The molecular formula is C15H24FN3. The van der Waals surface area contributed by atoms with Crippen LogP contribution in [0.5, 0.6) is 0 Å². The second kappa shape index (κ2) is 6.35. The zero-order valence-corrected chi connectivity index (χ0v) is 11.8. The Hall–Kier alpha value is -1.13. The fraction of sp³-hybridized carbons (Fsp3) is 0.600. The highest BCUT2D eigenvalue weighted by Gasteiger charge is 2.21. The lowest BCUT2D eigenvalue weighted by Crippen LogP contribution is -2.49. The van der Waals surface area contributed by atoms with Crippen LogP contribution in [-0.4, -0.2) is 43.7 Å². The second-order valence-corrected chi connectivity index (χ2v) is 5.58. The number of nitrogens with two attached hydrogens (primary N) is 1. The lowest BCUT2D eigenvalue weighted by atomic mass is 10.0. The molecule has 2 N–H and O–H groups in total. The predicted octanol–water partition coefficient (Wildman–Crippen LogP) is 1.93. The molecule has 0 amide bonds. The van der Waals surface area contributed by atoms with Gasteiger partial charge >= 0.3 is 0 Å². The van der Waals surface area contributed by atoms with Gasteiger partial charge in [-0.2, -0.15) is 0 Å². The number of halogens is 1. The van der Waals surface area contributed by atoms with Crippen LogP contribution in [0, 0.1) is 11.7 Å². The van der Waals surface area contributed by atoms with E-state index in [1.165, 1.54) is 6.07 Å². The van der Waals surface area contributed by atoms with Crippen molar-refractivity contribution in [1.29, 1.82) is 0 Å². The minimum atomic E-state index is -0.125. The number of para-hydroxylation sites is 1. The number of hydrogen-bond donors (Lipinski definition) is 1. The summed E-state index contributed by atoms with van der Waals surface area (Å²) in [5, 5.41) is 0. The van der Waals surface area contributed by atoms with Crippen LogP contribution in [0.15, 0.2) is 24.3 Å². The number of hydrogen-bond acceptors (Lipinski definition) is 3. The molecule has 0 bridgehead atoms. The van der Waals surface area contributed by atoms with E-state index in [9.17, 15) is 4.39 Å². The highest BCUT2D eigenvalue weighted by molar-refractivity contribution is 5.47. The summed E-state index contributed by atoms with van der Waals surface area (Å²) >= 11 is 0. The van der Waals surface area contributed by atoms with Crippen molar-refractivity contribution in [3.63, 3.8) is 0 Å². The number of piperazine rings is 1. The predicted molar refractivity (Wildman–Crippen MR) is 77.9 cm³/mol. The molecule has 1 heterocycles. The summed E-state index contributed by atoms with van der Waals surface area (Å²) in [6, 6.07) is 7.24. The average Bonchev–Trinajstić information content (AvgIpc) is 2.40. The van der Waals surface area contributed by atoms with Gasteiger partial charge in [-0.05, 0) is 25.0 Å². The standard InChI is InChI=1S/C15H24FN3/c1-12(13(2)17)11-18-7-9-19(10-8-18)15-6-4-3-5-14(15)16/h3-6,12-13H,7-11,17H2,1-2H3. The number of rotatable bonds is 4. The Morgan fingerprint density at radius 2 is 1.79 bits per heavy atom. The highest BCUT2D eigenvalue weighted by atomic mass is 19.1. The van der Waals surface area contributed by atoms with Gasteiger partial charge in [0.05, 0.1) is 5.69 Å². The Bertz CT molecular complexity index is 400. The largest absolute Gasteiger partial charge is 0.367 e. The molecule has 1 aliphatic rings. The van der Waals surface area contributed by atoms with E-state index in [1.54, 1.807) is 6.07 Å². The minimum Gasteiger partial charge on any atom is -0.367 e. The van der Waals surface area contributed by atoms with Gasteiger partial charge in [0.1, 0.15) is 5.82 Å². The zero-order valence-electron chi connectivity index (χ0n) is 11.8. The summed E-state index contributed by atoms with van der Waals surface area (Å²) in [4.78, 5) is 4.55. The third-order valence-electron chi connectivity index (χ3n) is 4.01. The molecule has 19 heavy (non-hydrogen) atoms. The normalized spacial score (nSPS) is 20.3. The van der Waals surface area contributed by atoms with E-state index >= 15 is 0 Å². The van der Waals surface area contributed by atoms with Gasteiger partial charge in [0, 0.05) is 38.8 Å². The Morgan fingerprint density at radius 3 is 2.37 bits per heavy atom. The lowest BCUT2D eigenvalue weighted by Gasteiger charge is -2.37. The Kier molecular flexibility index (Phi) is 4.77. The maximum Gasteiger partial charge on any atom is 0.146 e. The lowest BCUT2D eigenvalue weighted by molar-refractivity contribution is 0.214. The van der Waals surface area contributed by atoms with E-state index in [0.29, 0.717) is 5.92 Å². The van der Waals surface area contributed by atoms with Gasteiger partial charge in [0.25, 0.3) is 0 Å². The number of nitrogens with zero attached hydrogens (tertiary/aromatic N) is 2. The van der Waals surface area contributed by atoms with Crippen LogP contribution in [-0.2, 0) is 0 Å². The summed E-state index contributed by atoms with van der Waals surface area (Å²) in [5.74, 6) is 0.375. The molecule has 1 aromatic rings. The average molecular weight is 265 g/mol. The molecule has 0 aromatic heterocycles. The first-order chi connectivity index (χ1) is 9.08. The first kappa shape index (κ1) is 14.3. The molecule has 4 heteroatoms. The van der Waals surface area contributed by atoms with Crippen molar-refractivity contribution in [2.75, 3.05) is 37.6 Å². The molecule has 0 saturated carbocycles. The minimum absolute atomic E-state index is 0.125. The quantitative estimate of drug-likeness (QED) is 0.903. The van der Waals surface area contributed by atoms with E-state index in [4.69, 9.17) is 5.73 Å². The Labute approximate surface area is 115 Å². The molecule has 1 saturated heterocycles. The molecule has 1 aliphatic heterocycles. The van der Waals surface area contributed by atoms with Gasteiger partial charge in [0.15, 0.2) is 0 Å². The first-order valence-electron chi connectivity index (χ1n) is 7.05. The smallest absolute Gasteiger partial charge is 0.146 e. The molecule has 1 fully saturated rings. The van der Waals surface area contributed by atoms with Gasteiger partial charge in [-0.1, -0.05) is 19.1 Å². The molecule has 2 unspecified atom stereocenters. The van der Waals surface area contributed by atoms with Gasteiger partial charge < -0.3 is 10.6 Å². The number of anilines is 1. The van der Waals surface area contributed by atoms with Crippen LogP contribution in [0.25, 0.3) is 0 Å². The molecule has 2 atom stereocenters. The van der Waals surface area contributed by atoms with Crippen LogP contribution in [0.2, 0.25) is 0 Å². The maximum atomic E-state index is 13.7. The van der Waals surface area contributed by atoms with Gasteiger partial charge in [-0.3, -0.25) is 4.90 Å². The van der Waals surface area contributed by atoms with E-state index in [-0.39, 0.29) is 11.9 Å². The fourth-order valence-electron chi connectivity index (χ4n) is 2.45. The van der Waals surface area contributed by atoms with Crippen molar-refractivity contribution in [2.45, 2.75) is 19.9 Å². The van der Waals surface area contributed by atoms with Crippen LogP contribution < -0.4 is 10.6 Å². The summed E-state index contributed by atoms with van der Waals surface area (Å²) in [6.07, 6.45) is 0. The van der Waals surface area contributed by atoms with Gasteiger partial charge in [-0.25, -0.2) is 4.39 Å². The van der Waals surface area contributed by atoms with E-state index in [1.807, 2.05) is 12.1 Å². The van der Waals surface area contributed by atoms with Crippen molar-refractivity contribution >= 4 is 5.69 Å². The maximum absolute atomic E-state index is 13.7. The van der Waals surface area contributed by atoms with Crippen molar-refractivity contribution in [3.05, 3.63) is 30.1 Å². The van der Waals surface area contributed by atoms with E-state index in [2.05, 4.69) is 23.6 Å². The van der Waals surface area contributed by atoms with Crippen LogP contribution in [0.4, 0.5) is 10.1 Å². The molecule has 1 aromatic carbocycles. The van der Waals surface area contributed by atoms with E-state index < -0.39 is 0 Å². The Morgan fingerprint density at radius 1 is 1.16 bits per heavy atom. The molecular weight excluding hydrogens is 241 g/mol. The first-order valence-corrected chi connectivity index (χ1v) is 7.05. The highest BCUT2D eigenvalue weighted by Crippen LogP contribution is 2.20. The van der Waals surface area contributed by atoms with Crippen LogP contribution in [0.1, 0.15) is 13.8 Å². The molecule has 106 valence electrons. The summed E-state index contributed by atoms with van der Waals surface area (Å²) in [7, 11) is 0. The van der Waals surface area contributed by atoms with Crippen LogP contribution >= 0.6 is 0 Å². The van der Waals surface area contributed by atoms with Crippen molar-refractivity contribution < 1.29 is 4.39 Å². The summed E-state index contributed by atoms with van der Waals surface area (Å²) in [6.45, 7) is 8.99. The molecule has 0 aliphatic carbocycles. The third-order valence-corrected chi connectivity index (χ3v) is 4.01.